The van der Waals surface area contributed by atoms with Crippen LogP contribution in [0.5, 0.6) is 5.75 Å². The van der Waals surface area contributed by atoms with Gasteiger partial charge < -0.3 is 15.4 Å². The Bertz CT molecular complexity index is 491. The quantitative estimate of drug-likeness (QED) is 0.872. The number of halogens is 2. The fourth-order valence-corrected chi connectivity index (χ4v) is 2.29. The van der Waals surface area contributed by atoms with E-state index in [4.69, 9.17) is 4.74 Å². The highest BCUT2D eigenvalue weighted by molar-refractivity contribution is 5.80. The minimum atomic E-state index is -0.992. The third-order valence-electron chi connectivity index (χ3n) is 3.54. The Kier molecular flexibility index (Phi) is 5.50. The van der Waals surface area contributed by atoms with Crippen LogP contribution in [0.15, 0.2) is 18.2 Å². The van der Waals surface area contributed by atoms with Crippen LogP contribution in [-0.2, 0) is 4.79 Å². The highest BCUT2D eigenvalue weighted by atomic mass is 19.2. The fraction of sp³-hybridized carbons (Fsp3) is 0.533. The Morgan fingerprint density at radius 3 is 2.95 bits per heavy atom. The molecule has 21 heavy (non-hydrogen) atoms. The summed E-state index contributed by atoms with van der Waals surface area (Å²) in [5, 5.41) is 6.11. The molecule has 1 aliphatic rings. The Morgan fingerprint density at radius 1 is 1.48 bits per heavy atom. The molecule has 1 aromatic rings. The topological polar surface area (TPSA) is 50.4 Å². The molecule has 1 amide bonds. The van der Waals surface area contributed by atoms with Gasteiger partial charge in [0, 0.05) is 12.6 Å². The Hall–Kier alpha value is -1.69. The molecular weight excluding hydrogens is 278 g/mol. The van der Waals surface area contributed by atoms with E-state index in [1.165, 1.54) is 6.07 Å². The number of benzene rings is 1. The number of nitrogens with one attached hydrogen (secondary N) is 2. The van der Waals surface area contributed by atoms with Gasteiger partial charge in [0.25, 0.3) is 5.91 Å². The van der Waals surface area contributed by atoms with Crippen LogP contribution in [0, 0.1) is 17.6 Å². The predicted molar refractivity (Wildman–Crippen MR) is 75.1 cm³/mol. The van der Waals surface area contributed by atoms with Crippen molar-refractivity contribution in [3.8, 4) is 5.75 Å². The van der Waals surface area contributed by atoms with Crippen molar-refractivity contribution in [2.45, 2.75) is 25.9 Å². The number of hydrogen-bond donors (Lipinski definition) is 2. The summed E-state index contributed by atoms with van der Waals surface area (Å²) >= 11 is 0. The van der Waals surface area contributed by atoms with Crippen molar-refractivity contribution in [3.63, 3.8) is 0 Å². The van der Waals surface area contributed by atoms with Crippen LogP contribution in [0.1, 0.15) is 19.8 Å². The summed E-state index contributed by atoms with van der Waals surface area (Å²) in [5.74, 6) is -1.63. The Balaban J connectivity index is 1.79. The van der Waals surface area contributed by atoms with Gasteiger partial charge in [-0.2, -0.15) is 0 Å². The Labute approximate surface area is 122 Å². The normalized spacial score (nSPS) is 19.9. The monoisotopic (exact) mass is 298 g/mol. The minimum Gasteiger partial charge on any atom is -0.481 e. The first kappa shape index (κ1) is 15.7. The van der Waals surface area contributed by atoms with Crippen molar-refractivity contribution in [3.05, 3.63) is 29.8 Å². The number of ether oxygens (including phenoxy) is 1. The Morgan fingerprint density at radius 2 is 2.29 bits per heavy atom. The van der Waals surface area contributed by atoms with Gasteiger partial charge >= 0.3 is 0 Å². The maximum atomic E-state index is 13.1. The third kappa shape index (κ3) is 4.67. The van der Waals surface area contributed by atoms with E-state index < -0.39 is 17.7 Å². The van der Waals surface area contributed by atoms with Crippen LogP contribution < -0.4 is 15.4 Å². The van der Waals surface area contributed by atoms with Gasteiger partial charge in [-0.3, -0.25) is 4.79 Å². The van der Waals surface area contributed by atoms with E-state index >= 15 is 0 Å². The van der Waals surface area contributed by atoms with Crippen LogP contribution in [0.3, 0.4) is 0 Å². The number of amides is 1. The molecule has 0 radical (unpaired) electrons. The molecule has 0 spiro atoms. The van der Waals surface area contributed by atoms with Gasteiger partial charge in [0.1, 0.15) is 5.75 Å². The molecule has 0 aromatic heterocycles. The average molecular weight is 298 g/mol. The van der Waals surface area contributed by atoms with Crippen molar-refractivity contribution >= 4 is 5.91 Å². The highest BCUT2D eigenvalue weighted by Crippen LogP contribution is 2.17. The first-order chi connectivity index (χ1) is 10.1. The van der Waals surface area contributed by atoms with E-state index in [1.807, 2.05) is 0 Å². The number of carbonyl (C=O) groups excluding carboxylic acids is 1. The molecule has 6 heteroatoms. The molecular formula is C15H20F2N2O2. The molecule has 0 bridgehead atoms. The smallest absolute Gasteiger partial charge is 0.260 e. The van der Waals surface area contributed by atoms with Gasteiger partial charge in [-0.15, -0.1) is 0 Å². The lowest BCUT2D eigenvalue weighted by Crippen LogP contribution is -2.42. The number of rotatable bonds is 5. The van der Waals surface area contributed by atoms with E-state index in [9.17, 15) is 13.6 Å². The van der Waals surface area contributed by atoms with Crippen LogP contribution in [0.25, 0.3) is 0 Å². The number of carbonyl (C=O) groups is 1. The van der Waals surface area contributed by atoms with Crippen LogP contribution in [-0.4, -0.2) is 31.6 Å². The third-order valence-corrected chi connectivity index (χ3v) is 3.54. The SMILES string of the molecule is CC(Oc1ccc(F)c(F)c1)C(=O)NCC1CCCNC1. The van der Waals surface area contributed by atoms with Crippen LogP contribution >= 0.6 is 0 Å². The molecule has 116 valence electrons. The zero-order valence-electron chi connectivity index (χ0n) is 12.0. The van der Waals surface area contributed by atoms with Gasteiger partial charge in [-0.05, 0) is 50.9 Å². The van der Waals surface area contributed by atoms with E-state index in [2.05, 4.69) is 10.6 Å². The summed E-state index contributed by atoms with van der Waals surface area (Å²) < 4.78 is 31.2. The summed E-state index contributed by atoms with van der Waals surface area (Å²) in [6, 6.07) is 3.21. The lowest BCUT2D eigenvalue weighted by molar-refractivity contribution is -0.127. The van der Waals surface area contributed by atoms with Crippen molar-refractivity contribution < 1.29 is 18.3 Å². The summed E-state index contributed by atoms with van der Waals surface area (Å²) in [4.78, 5) is 11.9. The lowest BCUT2D eigenvalue weighted by Gasteiger charge is -2.23. The lowest BCUT2D eigenvalue weighted by atomic mass is 10.00. The van der Waals surface area contributed by atoms with E-state index in [1.54, 1.807) is 6.92 Å². The van der Waals surface area contributed by atoms with Crippen molar-refractivity contribution in [2.24, 2.45) is 5.92 Å². The highest BCUT2D eigenvalue weighted by Gasteiger charge is 2.18. The molecule has 4 nitrogen and oxygen atoms in total. The maximum Gasteiger partial charge on any atom is 0.260 e. The maximum absolute atomic E-state index is 13.1. The van der Waals surface area contributed by atoms with Gasteiger partial charge in [-0.25, -0.2) is 8.78 Å². The molecule has 2 unspecified atom stereocenters. The predicted octanol–water partition coefficient (Wildman–Crippen LogP) is 1.85. The second-order valence-corrected chi connectivity index (χ2v) is 5.29. The molecule has 2 N–H and O–H groups in total. The first-order valence-corrected chi connectivity index (χ1v) is 7.16. The molecule has 2 atom stereocenters. The van der Waals surface area contributed by atoms with Crippen molar-refractivity contribution in [2.75, 3.05) is 19.6 Å². The van der Waals surface area contributed by atoms with Crippen LogP contribution in [0.2, 0.25) is 0 Å². The first-order valence-electron chi connectivity index (χ1n) is 7.16. The second kappa shape index (κ2) is 7.36. The average Bonchev–Trinajstić information content (AvgIpc) is 2.49. The summed E-state index contributed by atoms with van der Waals surface area (Å²) in [6.07, 6.45) is 1.44. The molecule has 2 rings (SSSR count). The zero-order chi connectivity index (χ0) is 15.2. The molecule has 0 saturated carbocycles. The zero-order valence-corrected chi connectivity index (χ0v) is 12.0. The van der Waals surface area contributed by atoms with Gasteiger partial charge in [0.15, 0.2) is 17.7 Å². The molecule has 1 aromatic carbocycles. The van der Waals surface area contributed by atoms with Crippen molar-refractivity contribution in [1.29, 1.82) is 0 Å². The number of piperidine rings is 1. The van der Waals surface area contributed by atoms with Gasteiger partial charge in [0.2, 0.25) is 0 Å². The minimum absolute atomic E-state index is 0.135. The van der Waals surface area contributed by atoms with Gasteiger partial charge in [0.05, 0.1) is 0 Å². The fourth-order valence-electron chi connectivity index (χ4n) is 2.29. The molecule has 1 aliphatic heterocycles. The largest absolute Gasteiger partial charge is 0.481 e. The van der Waals surface area contributed by atoms with E-state index in [0.29, 0.717) is 12.5 Å². The van der Waals surface area contributed by atoms with Gasteiger partial charge in [-0.1, -0.05) is 0 Å². The van der Waals surface area contributed by atoms with Crippen LogP contribution in [0.4, 0.5) is 8.78 Å². The molecule has 1 saturated heterocycles. The molecule has 1 fully saturated rings. The van der Waals surface area contributed by atoms with E-state index in [0.717, 1.165) is 38.1 Å². The van der Waals surface area contributed by atoms with Crippen molar-refractivity contribution in [1.82, 2.24) is 10.6 Å². The second-order valence-electron chi connectivity index (χ2n) is 5.29. The summed E-state index contributed by atoms with van der Waals surface area (Å²) in [5.41, 5.74) is 0. The van der Waals surface area contributed by atoms with E-state index in [-0.39, 0.29) is 11.7 Å². The summed E-state index contributed by atoms with van der Waals surface area (Å²) in [7, 11) is 0. The number of hydrogen-bond acceptors (Lipinski definition) is 3. The molecule has 0 aliphatic carbocycles. The summed E-state index contributed by atoms with van der Waals surface area (Å²) in [6.45, 7) is 4.10. The standard InChI is InChI=1S/C15H20F2N2O2/c1-10(21-12-4-5-13(16)14(17)7-12)15(20)19-9-11-3-2-6-18-8-11/h4-5,7,10-11,18H,2-3,6,8-9H2,1H3,(H,19,20). The molecule has 1 heterocycles.